The summed E-state index contributed by atoms with van der Waals surface area (Å²) in [5.74, 6) is 1.24. The summed E-state index contributed by atoms with van der Waals surface area (Å²) in [5, 5.41) is 14.1. The van der Waals surface area contributed by atoms with E-state index in [1.807, 2.05) is 18.2 Å². The summed E-state index contributed by atoms with van der Waals surface area (Å²) in [4.78, 5) is 21.0. The molecule has 0 saturated carbocycles. The van der Waals surface area contributed by atoms with E-state index in [0.717, 1.165) is 30.0 Å². The van der Waals surface area contributed by atoms with E-state index in [2.05, 4.69) is 15.7 Å². The Morgan fingerprint density at radius 3 is 2.86 bits per heavy atom. The van der Waals surface area contributed by atoms with Crippen molar-refractivity contribution in [3.8, 4) is 0 Å². The predicted molar refractivity (Wildman–Crippen MR) is 105 cm³/mol. The molecule has 1 N–H and O–H groups in total. The monoisotopic (exact) mass is 381 g/mol. The molecule has 28 heavy (non-hydrogen) atoms. The van der Waals surface area contributed by atoms with E-state index >= 15 is 0 Å². The van der Waals surface area contributed by atoms with Gasteiger partial charge in [0.05, 0.1) is 25.4 Å². The summed E-state index contributed by atoms with van der Waals surface area (Å²) >= 11 is 0. The van der Waals surface area contributed by atoms with Gasteiger partial charge >= 0.3 is 0 Å². The predicted octanol–water partition coefficient (Wildman–Crippen LogP) is 1.13. The smallest absolute Gasteiger partial charge is 0.254 e. The van der Waals surface area contributed by atoms with Crippen LogP contribution >= 0.6 is 0 Å². The van der Waals surface area contributed by atoms with E-state index in [9.17, 15) is 9.90 Å². The summed E-state index contributed by atoms with van der Waals surface area (Å²) in [6.45, 7) is 2.64. The first kappa shape index (κ1) is 18.4. The van der Waals surface area contributed by atoms with Gasteiger partial charge in [-0.05, 0) is 6.07 Å². The van der Waals surface area contributed by atoms with Gasteiger partial charge in [-0.25, -0.2) is 9.50 Å². The number of aliphatic hydroxyl groups is 1. The quantitative estimate of drug-likeness (QED) is 0.800. The fourth-order valence-corrected chi connectivity index (χ4v) is 3.34. The average Bonchev–Trinajstić information content (AvgIpc) is 3.17. The van der Waals surface area contributed by atoms with Gasteiger partial charge in [0.25, 0.3) is 5.91 Å². The normalized spacial score (nSPS) is 16.9. The third-order valence-electron chi connectivity index (χ3n) is 4.80. The number of aliphatic hydroxyl groups excluding tert-OH is 1. The molecule has 2 aromatic rings. The zero-order chi connectivity index (χ0) is 19.7. The number of amides is 1. The second-order valence-corrected chi connectivity index (χ2v) is 7.01. The number of rotatable bonds is 4. The van der Waals surface area contributed by atoms with Crippen molar-refractivity contribution in [3.63, 3.8) is 0 Å². The molecule has 0 unspecified atom stereocenters. The van der Waals surface area contributed by atoms with Crippen molar-refractivity contribution in [1.82, 2.24) is 19.5 Å². The number of morpholine rings is 1. The molecule has 8 heteroatoms. The van der Waals surface area contributed by atoms with Crippen molar-refractivity contribution in [2.24, 2.45) is 0 Å². The molecule has 1 saturated heterocycles. The lowest BCUT2D eigenvalue weighted by molar-refractivity contribution is 0.0827. The number of hydrogen-bond acceptors (Lipinski definition) is 6. The molecular weight excluding hydrogens is 358 g/mol. The largest absolute Gasteiger partial charge is 0.391 e. The van der Waals surface area contributed by atoms with Crippen molar-refractivity contribution in [1.29, 1.82) is 0 Å². The van der Waals surface area contributed by atoms with Gasteiger partial charge in [-0.15, -0.1) is 10.8 Å². The fraction of sp³-hybridized carbons (Fsp3) is 0.400. The Balaban J connectivity index is 1.88. The van der Waals surface area contributed by atoms with Crippen molar-refractivity contribution < 1.29 is 14.6 Å². The molecule has 0 bridgehead atoms. The Hall–Kier alpha value is -2.93. The van der Waals surface area contributed by atoms with Crippen LogP contribution in [0.4, 0.5) is 5.82 Å². The molecule has 4 rings (SSSR count). The highest BCUT2D eigenvalue weighted by molar-refractivity contribution is 5.96. The average molecular weight is 381 g/mol. The highest BCUT2D eigenvalue weighted by Gasteiger charge is 2.22. The van der Waals surface area contributed by atoms with Crippen LogP contribution in [0, 0.1) is 0 Å². The first-order valence-corrected chi connectivity index (χ1v) is 9.28. The Morgan fingerprint density at radius 1 is 1.36 bits per heavy atom. The van der Waals surface area contributed by atoms with E-state index in [1.54, 1.807) is 29.7 Å². The van der Waals surface area contributed by atoms with Gasteiger partial charge in [-0.2, -0.15) is 0 Å². The number of aromatic nitrogens is 3. The molecule has 1 aliphatic heterocycles. The Morgan fingerprint density at radius 2 is 2.14 bits per heavy atom. The maximum atomic E-state index is 12.4. The first-order valence-electron chi connectivity index (χ1n) is 9.28. The lowest BCUT2D eigenvalue weighted by Gasteiger charge is -2.28. The van der Waals surface area contributed by atoms with E-state index in [4.69, 9.17) is 9.72 Å². The lowest BCUT2D eigenvalue weighted by atomic mass is 10.1. The molecular formula is C20H23N5O3. The Labute approximate surface area is 163 Å². The van der Waals surface area contributed by atoms with Crippen LogP contribution in [-0.2, 0) is 4.74 Å². The van der Waals surface area contributed by atoms with Gasteiger partial charge in [0.2, 0.25) is 0 Å². The molecule has 2 aliphatic rings. The minimum Gasteiger partial charge on any atom is -0.391 e. The second kappa shape index (κ2) is 7.59. The number of carbonyl (C=O) groups excluding carboxylic acids is 1. The van der Waals surface area contributed by atoms with E-state index < -0.39 is 0 Å². The molecule has 8 nitrogen and oxygen atoms in total. The second-order valence-electron chi connectivity index (χ2n) is 7.01. The molecule has 146 valence electrons. The zero-order valence-electron chi connectivity index (χ0n) is 16.1. The van der Waals surface area contributed by atoms with Crippen LogP contribution in [0.1, 0.15) is 22.6 Å². The first-order chi connectivity index (χ1) is 13.6. The SMILES string of the molecule is CN(C)C(=O)c1cc2c(N3CCOCC3)nc(C3=C=C(CO)C=CC3)nn2c1. The summed E-state index contributed by atoms with van der Waals surface area (Å²) < 4.78 is 7.19. The minimum atomic E-state index is -0.0812. The van der Waals surface area contributed by atoms with Gasteiger partial charge in [0.15, 0.2) is 11.6 Å². The number of nitrogens with zero attached hydrogens (tertiary/aromatic N) is 5. The Bertz CT molecular complexity index is 1010. The summed E-state index contributed by atoms with van der Waals surface area (Å²) in [7, 11) is 3.45. The summed E-state index contributed by atoms with van der Waals surface area (Å²) in [6, 6.07) is 1.83. The molecule has 2 aromatic heterocycles. The van der Waals surface area contributed by atoms with Gasteiger partial charge in [0.1, 0.15) is 5.52 Å². The molecule has 3 heterocycles. The van der Waals surface area contributed by atoms with Crippen molar-refractivity contribution in [3.05, 3.63) is 47.1 Å². The van der Waals surface area contributed by atoms with Crippen molar-refractivity contribution in [2.75, 3.05) is 51.9 Å². The van der Waals surface area contributed by atoms with Crippen LogP contribution in [0.25, 0.3) is 11.1 Å². The highest BCUT2D eigenvalue weighted by Crippen LogP contribution is 2.26. The molecule has 0 aromatic carbocycles. The van der Waals surface area contributed by atoms with Crippen LogP contribution in [0.3, 0.4) is 0 Å². The van der Waals surface area contributed by atoms with Crippen molar-refractivity contribution in [2.45, 2.75) is 6.42 Å². The standard InChI is InChI=1S/C20H23N5O3/c1-23(2)20(27)16-11-17-19(24-6-8-28-9-7-24)21-18(22-25(17)12-16)15-5-3-4-14(10-15)13-26/h3-4,11-12,26H,5-9,13H2,1-2H3. The molecule has 0 spiro atoms. The van der Waals surface area contributed by atoms with E-state index in [0.29, 0.717) is 36.6 Å². The number of hydrogen-bond donors (Lipinski definition) is 1. The van der Waals surface area contributed by atoms with Gasteiger partial charge in [0, 0.05) is 50.9 Å². The molecule has 1 fully saturated rings. The van der Waals surface area contributed by atoms with E-state index in [1.165, 1.54) is 0 Å². The number of fused-ring (bicyclic) bond motifs is 1. The summed E-state index contributed by atoms with van der Waals surface area (Å²) in [6.07, 6.45) is 6.20. The molecule has 1 aliphatic carbocycles. The van der Waals surface area contributed by atoms with Gasteiger partial charge in [-0.3, -0.25) is 4.79 Å². The van der Waals surface area contributed by atoms with Crippen LogP contribution in [0.2, 0.25) is 0 Å². The molecule has 1 amide bonds. The van der Waals surface area contributed by atoms with Crippen molar-refractivity contribution >= 4 is 22.8 Å². The van der Waals surface area contributed by atoms with Crippen LogP contribution < -0.4 is 4.90 Å². The van der Waals surface area contributed by atoms with Crippen LogP contribution in [-0.4, -0.2) is 77.5 Å². The number of allylic oxidation sites excluding steroid dienone is 1. The molecule has 0 radical (unpaired) electrons. The number of anilines is 1. The topological polar surface area (TPSA) is 83.2 Å². The third-order valence-corrected chi connectivity index (χ3v) is 4.80. The zero-order valence-corrected chi connectivity index (χ0v) is 16.1. The highest BCUT2D eigenvalue weighted by atomic mass is 16.5. The van der Waals surface area contributed by atoms with E-state index in [-0.39, 0.29) is 12.5 Å². The van der Waals surface area contributed by atoms with Gasteiger partial charge < -0.3 is 19.6 Å². The van der Waals surface area contributed by atoms with Gasteiger partial charge in [-0.1, -0.05) is 12.2 Å². The van der Waals surface area contributed by atoms with Crippen LogP contribution in [0.15, 0.2) is 35.7 Å². The maximum absolute atomic E-state index is 12.4. The van der Waals surface area contributed by atoms with Crippen LogP contribution in [0.5, 0.6) is 0 Å². The maximum Gasteiger partial charge on any atom is 0.254 e. The summed E-state index contributed by atoms with van der Waals surface area (Å²) in [5.41, 5.74) is 6.07. The third kappa shape index (κ3) is 3.45. The minimum absolute atomic E-state index is 0.0798. The lowest BCUT2D eigenvalue weighted by Crippen LogP contribution is -2.37. The molecule has 0 atom stereocenters. The Kier molecular flexibility index (Phi) is 5.00. The fourth-order valence-electron chi connectivity index (χ4n) is 3.34. The number of ether oxygens (including phenoxy) is 1. The number of carbonyl (C=O) groups is 1.